The van der Waals surface area contributed by atoms with Crippen molar-refractivity contribution in [2.75, 3.05) is 6.61 Å². The summed E-state index contributed by atoms with van der Waals surface area (Å²) >= 11 is 8.08. The molecule has 0 saturated heterocycles. The first-order valence-electron chi connectivity index (χ1n) is 5.68. The zero-order chi connectivity index (χ0) is 12.8. The van der Waals surface area contributed by atoms with Crippen LogP contribution in [-0.4, -0.2) is 11.6 Å². The van der Waals surface area contributed by atoms with Gasteiger partial charge in [-0.3, -0.25) is 0 Å². The van der Waals surface area contributed by atoms with Gasteiger partial charge in [-0.25, -0.2) is 4.98 Å². The molecule has 1 aromatic rings. The van der Waals surface area contributed by atoms with Crippen molar-refractivity contribution in [1.82, 2.24) is 4.98 Å². The fourth-order valence-corrected chi connectivity index (χ4v) is 2.01. The molecular formula is C12H17BrN2OS. The Kier molecular flexibility index (Phi) is 5.98. The van der Waals surface area contributed by atoms with Gasteiger partial charge in [0.1, 0.15) is 0 Å². The number of aromatic nitrogens is 1. The largest absolute Gasteiger partial charge is 0.477 e. The first-order valence-corrected chi connectivity index (χ1v) is 6.83. The maximum Gasteiger partial charge on any atom is 0.228 e. The van der Waals surface area contributed by atoms with Crippen LogP contribution in [0.15, 0.2) is 14.9 Å². The van der Waals surface area contributed by atoms with E-state index in [9.17, 15) is 0 Å². The first-order chi connectivity index (χ1) is 8.04. The third-order valence-electron chi connectivity index (χ3n) is 2.37. The fourth-order valence-electron chi connectivity index (χ4n) is 1.40. The smallest absolute Gasteiger partial charge is 0.228 e. The standard InChI is InChI=1S/C12H17BrN2OS/c1-8(2)5-4-6-16-12-10(13)7-11(15-17)9(3)14-12/h7-8H,4-6H2,1-3H3. The van der Waals surface area contributed by atoms with Crippen LogP contribution in [0.5, 0.6) is 5.88 Å². The lowest BCUT2D eigenvalue weighted by molar-refractivity contribution is 0.285. The number of nitrogens with zero attached hydrogens (tertiary/aromatic N) is 2. The van der Waals surface area contributed by atoms with E-state index in [0.29, 0.717) is 24.1 Å². The van der Waals surface area contributed by atoms with Gasteiger partial charge in [-0.15, -0.1) is 0 Å². The van der Waals surface area contributed by atoms with Gasteiger partial charge in [0, 0.05) is 12.4 Å². The van der Waals surface area contributed by atoms with Gasteiger partial charge < -0.3 is 4.74 Å². The second-order valence-electron chi connectivity index (χ2n) is 4.36. The minimum absolute atomic E-state index is 0.619. The maximum atomic E-state index is 5.63. The summed E-state index contributed by atoms with van der Waals surface area (Å²) in [4.78, 5) is 4.33. The maximum absolute atomic E-state index is 5.63. The van der Waals surface area contributed by atoms with Crippen molar-refractivity contribution in [3.05, 3.63) is 16.2 Å². The summed E-state index contributed by atoms with van der Waals surface area (Å²) in [6.45, 7) is 6.97. The summed E-state index contributed by atoms with van der Waals surface area (Å²) in [5.74, 6) is 1.33. The van der Waals surface area contributed by atoms with E-state index in [1.165, 1.54) is 0 Å². The van der Waals surface area contributed by atoms with Crippen molar-refractivity contribution in [2.24, 2.45) is 10.3 Å². The third kappa shape index (κ3) is 4.68. The van der Waals surface area contributed by atoms with Crippen molar-refractivity contribution in [2.45, 2.75) is 33.6 Å². The molecule has 0 saturated carbocycles. The molecule has 0 spiro atoms. The molecule has 1 heterocycles. The van der Waals surface area contributed by atoms with Crippen LogP contribution in [0, 0.1) is 12.8 Å². The second-order valence-corrected chi connectivity index (χ2v) is 5.39. The number of ether oxygens (including phenoxy) is 1. The monoisotopic (exact) mass is 316 g/mol. The molecule has 17 heavy (non-hydrogen) atoms. The van der Waals surface area contributed by atoms with E-state index < -0.39 is 0 Å². The highest BCUT2D eigenvalue weighted by Crippen LogP contribution is 2.29. The van der Waals surface area contributed by atoms with Crippen LogP contribution >= 0.6 is 15.9 Å². The van der Waals surface area contributed by atoms with Crippen LogP contribution in [0.25, 0.3) is 0 Å². The van der Waals surface area contributed by atoms with E-state index >= 15 is 0 Å². The van der Waals surface area contributed by atoms with Crippen molar-refractivity contribution in [1.29, 1.82) is 0 Å². The van der Waals surface area contributed by atoms with Gasteiger partial charge in [0.15, 0.2) is 0 Å². The SMILES string of the molecule is Cc1nc(OCCCC(C)C)c(Br)cc1N=S. The van der Waals surface area contributed by atoms with Gasteiger partial charge in [0.05, 0.1) is 22.5 Å². The second kappa shape index (κ2) is 7.01. The topological polar surface area (TPSA) is 34.5 Å². The van der Waals surface area contributed by atoms with Gasteiger partial charge in [-0.2, -0.15) is 4.36 Å². The molecule has 0 aliphatic rings. The highest BCUT2D eigenvalue weighted by Gasteiger charge is 2.08. The summed E-state index contributed by atoms with van der Waals surface area (Å²) in [6, 6.07) is 1.84. The first kappa shape index (κ1) is 14.5. The van der Waals surface area contributed by atoms with E-state index in [4.69, 9.17) is 4.74 Å². The summed E-state index contributed by atoms with van der Waals surface area (Å²) in [7, 11) is 0. The van der Waals surface area contributed by atoms with Crippen LogP contribution in [-0.2, 0) is 12.4 Å². The van der Waals surface area contributed by atoms with Gasteiger partial charge in [0.25, 0.3) is 0 Å². The van der Waals surface area contributed by atoms with E-state index in [-0.39, 0.29) is 0 Å². The lowest BCUT2D eigenvalue weighted by Gasteiger charge is -2.09. The zero-order valence-corrected chi connectivity index (χ0v) is 12.8. The van der Waals surface area contributed by atoms with E-state index in [1.54, 1.807) is 0 Å². The Morgan fingerprint density at radius 2 is 2.24 bits per heavy atom. The predicted molar refractivity (Wildman–Crippen MR) is 75.7 cm³/mol. The summed E-state index contributed by atoms with van der Waals surface area (Å²) in [6.07, 6.45) is 2.20. The van der Waals surface area contributed by atoms with E-state index in [2.05, 4.69) is 51.5 Å². The molecule has 0 bridgehead atoms. The van der Waals surface area contributed by atoms with Crippen LogP contribution in [0.1, 0.15) is 32.4 Å². The zero-order valence-electron chi connectivity index (χ0n) is 10.4. The molecular weight excluding hydrogens is 300 g/mol. The lowest BCUT2D eigenvalue weighted by Crippen LogP contribution is -2.02. The predicted octanol–water partition coefficient (Wildman–Crippen LogP) is 4.33. The molecule has 3 nitrogen and oxygen atoms in total. The van der Waals surface area contributed by atoms with Crippen molar-refractivity contribution in [3.63, 3.8) is 0 Å². The highest BCUT2D eigenvalue weighted by molar-refractivity contribution is 9.10. The molecule has 0 radical (unpaired) electrons. The Hall–Kier alpha value is -0.550. The van der Waals surface area contributed by atoms with Crippen molar-refractivity contribution >= 4 is 34.0 Å². The summed E-state index contributed by atoms with van der Waals surface area (Å²) < 4.78 is 10.2. The molecule has 0 amide bonds. The number of hydrogen-bond acceptors (Lipinski definition) is 4. The number of hydrogen-bond donors (Lipinski definition) is 0. The molecule has 0 aliphatic heterocycles. The minimum Gasteiger partial charge on any atom is -0.477 e. The number of rotatable bonds is 6. The average Bonchev–Trinajstić information content (AvgIpc) is 2.28. The molecule has 5 heteroatoms. The van der Waals surface area contributed by atoms with Gasteiger partial charge >= 0.3 is 0 Å². The molecule has 1 aromatic heterocycles. The molecule has 0 aliphatic carbocycles. The van der Waals surface area contributed by atoms with Crippen molar-refractivity contribution in [3.8, 4) is 5.88 Å². The van der Waals surface area contributed by atoms with Crippen LogP contribution in [0.3, 0.4) is 0 Å². The van der Waals surface area contributed by atoms with Gasteiger partial charge in [-0.1, -0.05) is 13.8 Å². The Bertz CT molecular complexity index is 396. The minimum atomic E-state index is 0.619. The molecule has 0 atom stereocenters. The number of halogens is 1. The molecule has 0 fully saturated rings. The Balaban J connectivity index is 2.59. The van der Waals surface area contributed by atoms with Crippen molar-refractivity contribution < 1.29 is 4.74 Å². The van der Waals surface area contributed by atoms with E-state index in [1.807, 2.05) is 13.0 Å². The van der Waals surface area contributed by atoms with Crippen LogP contribution in [0.2, 0.25) is 0 Å². The highest BCUT2D eigenvalue weighted by atomic mass is 79.9. The Morgan fingerprint density at radius 1 is 1.53 bits per heavy atom. The van der Waals surface area contributed by atoms with Crippen LogP contribution < -0.4 is 4.74 Å². The molecule has 0 N–H and O–H groups in total. The third-order valence-corrected chi connectivity index (χ3v) is 3.14. The quantitative estimate of drug-likeness (QED) is 0.732. The summed E-state index contributed by atoms with van der Waals surface area (Å²) in [5.41, 5.74) is 1.50. The fraction of sp³-hybridized carbons (Fsp3) is 0.583. The lowest BCUT2D eigenvalue weighted by atomic mass is 10.1. The molecule has 94 valence electrons. The Labute approximate surface area is 116 Å². The number of pyridine rings is 1. The average molecular weight is 317 g/mol. The van der Waals surface area contributed by atoms with Crippen LogP contribution in [0.4, 0.5) is 5.69 Å². The molecule has 0 aromatic carbocycles. The molecule has 1 rings (SSSR count). The van der Waals surface area contributed by atoms with Gasteiger partial charge in [0.2, 0.25) is 5.88 Å². The van der Waals surface area contributed by atoms with Gasteiger partial charge in [-0.05, 0) is 47.7 Å². The normalized spacial score (nSPS) is 10.6. The number of aryl methyl sites for hydroxylation is 1. The summed E-state index contributed by atoms with van der Waals surface area (Å²) in [5, 5.41) is 0. The Morgan fingerprint density at radius 3 is 2.82 bits per heavy atom. The molecule has 0 unspecified atom stereocenters. The van der Waals surface area contributed by atoms with E-state index in [0.717, 1.165) is 23.0 Å².